The first-order valence-electron chi connectivity index (χ1n) is 20.8. The summed E-state index contributed by atoms with van der Waals surface area (Å²) in [7, 11) is 0. The molecular formula is C56H40N6. The second-order valence-corrected chi connectivity index (χ2v) is 15.2. The summed E-state index contributed by atoms with van der Waals surface area (Å²) in [6.45, 7) is 0. The highest BCUT2D eigenvalue weighted by Gasteiger charge is 2.21. The Labute approximate surface area is 360 Å². The van der Waals surface area contributed by atoms with Crippen molar-refractivity contribution in [2.75, 3.05) is 9.80 Å². The van der Waals surface area contributed by atoms with E-state index in [1.54, 1.807) is 0 Å². The average Bonchev–Trinajstić information content (AvgIpc) is 3.94. The van der Waals surface area contributed by atoms with Crippen LogP contribution in [0.4, 0.5) is 34.1 Å². The van der Waals surface area contributed by atoms with Gasteiger partial charge in [-0.25, -0.2) is 0 Å². The topological polar surface area (TPSA) is 42.1 Å². The Morgan fingerprint density at radius 1 is 0.258 bits per heavy atom. The van der Waals surface area contributed by atoms with E-state index in [9.17, 15) is 0 Å². The van der Waals surface area contributed by atoms with E-state index in [2.05, 4.69) is 237 Å². The van der Waals surface area contributed by atoms with Gasteiger partial charge < -0.3 is 14.4 Å². The van der Waals surface area contributed by atoms with Gasteiger partial charge in [0.25, 0.3) is 0 Å². The van der Waals surface area contributed by atoms with Crippen LogP contribution in [0.25, 0.3) is 56.0 Å². The van der Waals surface area contributed by atoms with Crippen molar-refractivity contribution in [3.63, 3.8) is 0 Å². The molecule has 0 aliphatic rings. The number of aromatic nitrogens is 4. The number of benzene rings is 9. The maximum absolute atomic E-state index is 4.92. The zero-order chi connectivity index (χ0) is 41.2. The summed E-state index contributed by atoms with van der Waals surface area (Å²) in [4.78, 5) is 4.53. The summed E-state index contributed by atoms with van der Waals surface area (Å²) in [5, 5.41) is 12.3. The molecule has 0 amide bonds. The van der Waals surface area contributed by atoms with Crippen LogP contribution in [0.3, 0.4) is 0 Å². The molecule has 6 nitrogen and oxygen atoms in total. The van der Waals surface area contributed by atoms with Gasteiger partial charge in [-0.05, 0) is 133 Å². The number of para-hydroxylation sites is 6. The first-order chi connectivity index (χ1) is 30.8. The molecule has 2 aromatic heterocycles. The Morgan fingerprint density at radius 2 is 0.548 bits per heavy atom. The molecule has 0 saturated carbocycles. The molecule has 0 N–H and O–H groups in total. The number of anilines is 6. The Hall–Kier alpha value is -8.48. The van der Waals surface area contributed by atoms with Gasteiger partial charge in [0.2, 0.25) is 0 Å². The fourth-order valence-corrected chi connectivity index (χ4v) is 8.58. The van der Waals surface area contributed by atoms with Crippen LogP contribution in [-0.2, 0) is 0 Å². The zero-order valence-electron chi connectivity index (χ0n) is 33.8. The minimum absolute atomic E-state index is 0.751. The van der Waals surface area contributed by atoms with Gasteiger partial charge in [0.15, 0.2) is 11.6 Å². The summed E-state index contributed by atoms with van der Waals surface area (Å²) >= 11 is 0. The minimum Gasteiger partial charge on any atom is -0.311 e. The third-order valence-corrected chi connectivity index (χ3v) is 11.4. The summed E-state index contributed by atoms with van der Waals surface area (Å²) in [5.74, 6) is 1.50. The van der Waals surface area contributed by atoms with Gasteiger partial charge in [-0.1, -0.05) is 109 Å². The number of rotatable bonds is 10. The molecule has 0 aliphatic carbocycles. The molecule has 11 aromatic rings. The first-order valence-corrected chi connectivity index (χ1v) is 20.8. The average molecular weight is 797 g/mol. The van der Waals surface area contributed by atoms with Gasteiger partial charge in [-0.3, -0.25) is 4.57 Å². The highest BCUT2D eigenvalue weighted by atomic mass is 15.3. The molecule has 0 saturated heterocycles. The van der Waals surface area contributed by atoms with E-state index < -0.39 is 0 Å². The van der Waals surface area contributed by atoms with Crippen molar-refractivity contribution in [2.24, 2.45) is 0 Å². The smallest absolute Gasteiger partial charge is 0.168 e. The number of nitrogens with zero attached hydrogens (tertiary/aromatic N) is 6. The lowest BCUT2D eigenvalue weighted by molar-refractivity contribution is 1.07. The molecule has 9 aromatic carbocycles. The fraction of sp³-hybridized carbons (Fsp3) is 0. The van der Waals surface area contributed by atoms with Gasteiger partial charge in [0, 0.05) is 67.4 Å². The number of hydrogen-bond donors (Lipinski definition) is 0. The predicted octanol–water partition coefficient (Wildman–Crippen LogP) is 14.6. The second-order valence-electron chi connectivity index (χ2n) is 15.2. The van der Waals surface area contributed by atoms with Crippen molar-refractivity contribution in [3.05, 3.63) is 243 Å². The van der Waals surface area contributed by atoms with Gasteiger partial charge in [0.1, 0.15) is 0 Å². The molecule has 0 spiro atoms. The van der Waals surface area contributed by atoms with E-state index in [4.69, 9.17) is 10.2 Å². The fourth-order valence-electron chi connectivity index (χ4n) is 8.58. The SMILES string of the molecule is c1ccc(N(c2ccccc2)c2ccc(-c3nnc(-c4ccc(N(c5ccccc5)c5ccccc5)cc4)n3-c3ccc(-n4c5ccccc5c5ccccc54)cc3)cc2)cc1. The molecule has 0 unspecified atom stereocenters. The molecule has 0 bridgehead atoms. The number of hydrogen-bond acceptors (Lipinski definition) is 4. The van der Waals surface area contributed by atoms with E-state index in [0.717, 1.165) is 68.3 Å². The third-order valence-electron chi connectivity index (χ3n) is 11.4. The molecule has 0 aliphatic heterocycles. The van der Waals surface area contributed by atoms with E-state index in [1.807, 2.05) is 24.3 Å². The summed E-state index contributed by atoms with van der Waals surface area (Å²) in [6.07, 6.45) is 0. The largest absolute Gasteiger partial charge is 0.311 e. The summed E-state index contributed by atoms with van der Waals surface area (Å²) < 4.78 is 4.52. The van der Waals surface area contributed by atoms with Crippen molar-refractivity contribution in [1.29, 1.82) is 0 Å². The molecule has 6 heteroatoms. The van der Waals surface area contributed by atoms with Crippen LogP contribution in [0.2, 0.25) is 0 Å². The van der Waals surface area contributed by atoms with E-state index in [1.165, 1.54) is 21.8 Å². The molecule has 0 fully saturated rings. The van der Waals surface area contributed by atoms with E-state index >= 15 is 0 Å². The molecule has 0 atom stereocenters. The second kappa shape index (κ2) is 15.9. The normalized spacial score (nSPS) is 11.2. The van der Waals surface area contributed by atoms with Crippen molar-refractivity contribution < 1.29 is 0 Å². The zero-order valence-corrected chi connectivity index (χ0v) is 33.8. The van der Waals surface area contributed by atoms with Gasteiger partial charge in [-0.15, -0.1) is 10.2 Å². The van der Waals surface area contributed by atoms with Gasteiger partial charge >= 0.3 is 0 Å². The van der Waals surface area contributed by atoms with Crippen LogP contribution < -0.4 is 9.80 Å². The quantitative estimate of drug-likeness (QED) is 0.138. The van der Waals surface area contributed by atoms with Crippen molar-refractivity contribution in [2.45, 2.75) is 0 Å². The Bertz CT molecular complexity index is 2980. The molecular weight excluding hydrogens is 757 g/mol. The maximum atomic E-state index is 4.92. The standard InChI is InChI=1S/C56H40N6/c1-5-17-43(18-6-1)59(44-19-7-2-8-20-44)47-33-29-41(30-34-47)55-57-58-56(42-31-35-48(36-32-42)60(45-21-9-3-10-22-45)46-23-11-4-12-24-46)62(55)50-39-37-49(38-40-50)61-53-27-15-13-25-51(53)52-26-14-16-28-54(52)61/h1-40H. The highest BCUT2D eigenvalue weighted by molar-refractivity contribution is 6.09. The van der Waals surface area contributed by atoms with E-state index in [0.29, 0.717) is 0 Å². The molecule has 294 valence electrons. The van der Waals surface area contributed by atoms with Crippen molar-refractivity contribution in [3.8, 4) is 34.2 Å². The van der Waals surface area contributed by atoms with E-state index in [-0.39, 0.29) is 0 Å². The molecule has 0 radical (unpaired) electrons. The van der Waals surface area contributed by atoms with Crippen LogP contribution in [0.1, 0.15) is 0 Å². The predicted molar refractivity (Wildman–Crippen MR) is 256 cm³/mol. The van der Waals surface area contributed by atoms with Crippen LogP contribution in [0, 0.1) is 0 Å². The highest BCUT2D eigenvalue weighted by Crippen LogP contribution is 2.39. The van der Waals surface area contributed by atoms with Crippen LogP contribution in [-0.4, -0.2) is 19.3 Å². The number of fused-ring (bicyclic) bond motifs is 3. The van der Waals surface area contributed by atoms with Gasteiger partial charge in [0.05, 0.1) is 11.0 Å². The lowest BCUT2D eigenvalue weighted by Gasteiger charge is -2.25. The first kappa shape index (κ1) is 36.6. The van der Waals surface area contributed by atoms with Crippen molar-refractivity contribution >= 4 is 55.9 Å². The molecule has 62 heavy (non-hydrogen) atoms. The monoisotopic (exact) mass is 796 g/mol. The molecule has 11 rings (SSSR count). The Kier molecular flexibility index (Phi) is 9.41. The third kappa shape index (κ3) is 6.66. The Balaban J connectivity index is 1.02. The maximum Gasteiger partial charge on any atom is 0.168 e. The van der Waals surface area contributed by atoms with Crippen molar-refractivity contribution in [1.82, 2.24) is 19.3 Å². The van der Waals surface area contributed by atoms with Crippen LogP contribution in [0.15, 0.2) is 243 Å². The molecule has 2 heterocycles. The summed E-state index contributed by atoms with van der Waals surface area (Å²) in [6, 6.07) is 85.1. The van der Waals surface area contributed by atoms with Crippen LogP contribution >= 0.6 is 0 Å². The summed E-state index contributed by atoms with van der Waals surface area (Å²) in [5.41, 5.74) is 12.7. The lowest BCUT2D eigenvalue weighted by atomic mass is 10.1. The van der Waals surface area contributed by atoms with Gasteiger partial charge in [-0.2, -0.15) is 0 Å². The van der Waals surface area contributed by atoms with Crippen LogP contribution in [0.5, 0.6) is 0 Å². The lowest BCUT2D eigenvalue weighted by Crippen LogP contribution is -2.09. The minimum atomic E-state index is 0.751. The Morgan fingerprint density at radius 3 is 0.903 bits per heavy atom.